The zero-order chi connectivity index (χ0) is 19.3. The topological polar surface area (TPSA) is 99.6 Å². The first kappa shape index (κ1) is 18.2. The minimum Gasteiger partial charge on any atom is -0.480 e. The van der Waals surface area contributed by atoms with Gasteiger partial charge in [0.25, 0.3) is 6.43 Å². The van der Waals surface area contributed by atoms with Crippen molar-refractivity contribution in [2.45, 2.75) is 17.4 Å². The van der Waals surface area contributed by atoms with Crippen molar-refractivity contribution < 1.29 is 27.1 Å². The monoisotopic (exact) mass is 397 g/mol. The number of alkyl halides is 2. The second kappa shape index (κ2) is 6.47. The fraction of sp³-hybridized carbons (Fsp3) is 0.412. The van der Waals surface area contributed by atoms with Gasteiger partial charge in [-0.3, -0.25) is 9.78 Å². The summed E-state index contributed by atoms with van der Waals surface area (Å²) in [6.45, 7) is 0.618. The number of pyridine rings is 1. The fourth-order valence-electron chi connectivity index (χ4n) is 4.09. The number of aromatic nitrogens is 1. The summed E-state index contributed by atoms with van der Waals surface area (Å²) in [5.41, 5.74) is -0.434. The molecule has 10 heteroatoms. The quantitative estimate of drug-likeness (QED) is 0.811. The van der Waals surface area contributed by atoms with Gasteiger partial charge >= 0.3 is 5.97 Å². The van der Waals surface area contributed by atoms with E-state index in [1.165, 1.54) is 28.7 Å². The van der Waals surface area contributed by atoms with E-state index in [9.17, 15) is 27.1 Å². The highest BCUT2D eigenvalue weighted by Crippen LogP contribution is 2.37. The van der Waals surface area contributed by atoms with Crippen molar-refractivity contribution in [3.05, 3.63) is 36.2 Å². The van der Waals surface area contributed by atoms with Crippen molar-refractivity contribution in [1.29, 1.82) is 0 Å². The Bertz CT molecular complexity index is 1010. The molecule has 0 radical (unpaired) electrons. The Labute approximate surface area is 154 Å². The van der Waals surface area contributed by atoms with Gasteiger partial charge in [-0.05, 0) is 12.0 Å². The van der Waals surface area contributed by atoms with Crippen LogP contribution < -0.4 is 5.32 Å². The minimum absolute atomic E-state index is 0.0348. The van der Waals surface area contributed by atoms with Crippen LogP contribution in [-0.2, 0) is 14.8 Å². The third-order valence-electron chi connectivity index (χ3n) is 5.38. The smallest absolute Gasteiger partial charge is 0.321 e. The maximum atomic E-state index is 13.4. The van der Waals surface area contributed by atoms with E-state index in [2.05, 4.69) is 10.3 Å². The van der Waals surface area contributed by atoms with Gasteiger partial charge in [0.2, 0.25) is 10.0 Å². The maximum absolute atomic E-state index is 13.4. The van der Waals surface area contributed by atoms with Crippen molar-refractivity contribution in [2.24, 2.45) is 11.8 Å². The number of hydrogen-bond donors (Lipinski definition) is 2. The molecule has 144 valence electrons. The van der Waals surface area contributed by atoms with Gasteiger partial charge < -0.3 is 10.4 Å². The van der Waals surface area contributed by atoms with Gasteiger partial charge in [-0.2, -0.15) is 4.31 Å². The molecule has 2 aromatic rings. The van der Waals surface area contributed by atoms with E-state index in [-0.39, 0.29) is 35.2 Å². The number of halogens is 2. The van der Waals surface area contributed by atoms with E-state index in [0.717, 1.165) is 6.20 Å². The van der Waals surface area contributed by atoms with Gasteiger partial charge in [-0.15, -0.1) is 0 Å². The van der Waals surface area contributed by atoms with E-state index in [0.29, 0.717) is 11.9 Å². The molecule has 2 fully saturated rings. The van der Waals surface area contributed by atoms with Gasteiger partial charge in [-0.1, -0.05) is 12.1 Å². The van der Waals surface area contributed by atoms with E-state index in [1.54, 1.807) is 0 Å². The Hall–Kier alpha value is -2.17. The van der Waals surface area contributed by atoms with Crippen LogP contribution in [0, 0.1) is 11.8 Å². The van der Waals surface area contributed by atoms with E-state index >= 15 is 0 Å². The van der Waals surface area contributed by atoms with Gasteiger partial charge in [0.1, 0.15) is 6.04 Å². The second-order valence-corrected chi connectivity index (χ2v) is 8.76. The van der Waals surface area contributed by atoms with Gasteiger partial charge in [0.15, 0.2) is 0 Å². The van der Waals surface area contributed by atoms with Crippen molar-refractivity contribution in [3.63, 3.8) is 0 Å². The van der Waals surface area contributed by atoms with Crippen molar-refractivity contribution in [2.75, 3.05) is 19.6 Å². The molecule has 0 saturated carbocycles. The molecule has 2 aliphatic rings. The first-order chi connectivity index (χ1) is 12.8. The second-order valence-electron chi connectivity index (χ2n) is 6.85. The van der Waals surface area contributed by atoms with E-state index in [1.807, 2.05) is 0 Å². The molecule has 4 rings (SSSR count). The maximum Gasteiger partial charge on any atom is 0.321 e. The fourth-order valence-corrected chi connectivity index (χ4v) is 5.87. The summed E-state index contributed by atoms with van der Waals surface area (Å²) in [7, 11) is -4.06. The molecule has 0 bridgehead atoms. The Balaban J connectivity index is 1.77. The zero-order valence-electron chi connectivity index (χ0n) is 14.0. The number of aliphatic carboxylic acids is 1. The van der Waals surface area contributed by atoms with Gasteiger partial charge in [0.05, 0.1) is 4.90 Å². The molecule has 1 aromatic heterocycles. The number of hydrogen-bond acceptors (Lipinski definition) is 5. The third-order valence-corrected chi connectivity index (χ3v) is 7.25. The van der Waals surface area contributed by atoms with Crippen LogP contribution in [0.25, 0.3) is 10.8 Å². The average molecular weight is 397 g/mol. The first-order valence-electron chi connectivity index (χ1n) is 8.42. The normalized spacial score (nSPS) is 26.0. The molecule has 1 aromatic carbocycles. The molecule has 3 atom stereocenters. The number of rotatable bonds is 4. The number of nitrogens with zero attached hydrogens (tertiary/aromatic N) is 2. The molecule has 0 amide bonds. The highest BCUT2D eigenvalue weighted by molar-refractivity contribution is 7.89. The number of benzene rings is 1. The van der Waals surface area contributed by atoms with Crippen molar-refractivity contribution >= 4 is 26.8 Å². The highest BCUT2D eigenvalue weighted by atomic mass is 32.2. The van der Waals surface area contributed by atoms with Crippen LogP contribution in [0.1, 0.15) is 12.0 Å². The van der Waals surface area contributed by atoms with Crippen LogP contribution in [-0.4, -0.2) is 54.5 Å². The van der Waals surface area contributed by atoms with Crippen LogP contribution in [0.15, 0.2) is 35.5 Å². The summed E-state index contributed by atoms with van der Waals surface area (Å²) in [4.78, 5) is 14.9. The molecule has 2 N–H and O–H groups in total. The molecular formula is C17H17F2N3O4S. The van der Waals surface area contributed by atoms with E-state index < -0.39 is 34.0 Å². The number of carboxylic acids is 1. The number of sulfonamides is 1. The Kier molecular flexibility index (Phi) is 4.36. The lowest BCUT2D eigenvalue weighted by molar-refractivity contribution is -0.140. The Morgan fingerprint density at radius 2 is 2.07 bits per heavy atom. The zero-order valence-corrected chi connectivity index (χ0v) is 14.9. The number of nitrogens with one attached hydrogen (secondary N) is 1. The summed E-state index contributed by atoms with van der Waals surface area (Å²) in [5, 5.41) is 12.5. The number of fused-ring (bicyclic) bond motifs is 2. The molecule has 27 heavy (non-hydrogen) atoms. The summed E-state index contributed by atoms with van der Waals surface area (Å²) >= 11 is 0. The Morgan fingerprint density at radius 3 is 2.78 bits per heavy atom. The lowest BCUT2D eigenvalue weighted by Crippen LogP contribution is -2.40. The molecule has 3 heterocycles. The molecule has 2 saturated heterocycles. The van der Waals surface area contributed by atoms with Crippen LogP contribution in [0.2, 0.25) is 0 Å². The average Bonchev–Trinajstić information content (AvgIpc) is 3.21. The molecule has 7 nitrogen and oxygen atoms in total. The van der Waals surface area contributed by atoms with Gasteiger partial charge in [0, 0.05) is 54.3 Å². The highest BCUT2D eigenvalue weighted by Gasteiger charge is 2.49. The third kappa shape index (κ3) is 2.88. The van der Waals surface area contributed by atoms with E-state index in [4.69, 9.17) is 0 Å². The molecule has 3 unspecified atom stereocenters. The van der Waals surface area contributed by atoms with Crippen molar-refractivity contribution in [1.82, 2.24) is 14.6 Å². The van der Waals surface area contributed by atoms with Crippen molar-refractivity contribution in [3.8, 4) is 0 Å². The van der Waals surface area contributed by atoms with Crippen LogP contribution in [0.5, 0.6) is 0 Å². The van der Waals surface area contributed by atoms with Crippen LogP contribution in [0.4, 0.5) is 8.78 Å². The molecular weight excluding hydrogens is 380 g/mol. The largest absolute Gasteiger partial charge is 0.480 e. The lowest BCUT2D eigenvalue weighted by Gasteiger charge is -2.20. The molecule has 0 spiro atoms. The van der Waals surface area contributed by atoms with Crippen LogP contribution >= 0.6 is 0 Å². The number of carbonyl (C=O) groups is 1. The predicted octanol–water partition coefficient (Wildman–Crippen LogP) is 1.47. The molecule has 0 aliphatic carbocycles. The Morgan fingerprint density at radius 1 is 1.30 bits per heavy atom. The lowest BCUT2D eigenvalue weighted by atomic mass is 9.94. The van der Waals surface area contributed by atoms with Gasteiger partial charge in [-0.25, -0.2) is 17.2 Å². The number of carboxylic acid groups (broad SMARTS) is 1. The minimum atomic E-state index is -4.06. The first-order valence-corrected chi connectivity index (χ1v) is 9.86. The standard InChI is InChI=1S/C17H17F2N3O4S/c18-16(19)11-6-20-4-9-2-1-3-13(14(9)11)27(25,26)22-7-10-5-21-15(17(23)24)12(10)8-22/h1-4,6,10,12,15-16,21H,5,7-8H2,(H,23,24). The summed E-state index contributed by atoms with van der Waals surface area (Å²) < 4.78 is 54.6. The summed E-state index contributed by atoms with van der Waals surface area (Å²) in [5.74, 6) is -1.48. The van der Waals surface area contributed by atoms with Crippen LogP contribution in [0.3, 0.4) is 0 Å². The summed E-state index contributed by atoms with van der Waals surface area (Å²) in [6, 6.07) is 3.54. The summed E-state index contributed by atoms with van der Waals surface area (Å²) in [6.07, 6.45) is -0.533. The SMILES string of the molecule is O=C(O)C1NCC2CN(S(=O)(=O)c3cccc4cncc(C(F)F)c34)CC21. The molecule has 2 aliphatic heterocycles. The predicted molar refractivity (Wildman–Crippen MR) is 91.9 cm³/mol.